The molecule has 0 radical (unpaired) electrons. The second kappa shape index (κ2) is 6.68. The van der Waals surface area contributed by atoms with Gasteiger partial charge in [-0.05, 0) is 24.3 Å². The van der Waals surface area contributed by atoms with E-state index < -0.39 is 27.0 Å². The molecule has 1 aromatic rings. The number of hydrogen-bond donors (Lipinski definition) is 3. The number of rotatable bonds is 7. The van der Waals surface area contributed by atoms with E-state index >= 15 is 0 Å². The number of thiol groups is 1. The van der Waals surface area contributed by atoms with Crippen molar-refractivity contribution in [1.82, 2.24) is 4.72 Å². The summed E-state index contributed by atoms with van der Waals surface area (Å²) in [6, 6.07) is 2.85. The SMILES string of the molecule is O=C(O)C(CCS)NS(=O)(=O)c1ccc([N+](=O)[O-])cc1. The van der Waals surface area contributed by atoms with E-state index in [1.54, 1.807) is 0 Å². The quantitative estimate of drug-likeness (QED) is 0.384. The number of nitrogens with one attached hydrogen (secondary N) is 1. The van der Waals surface area contributed by atoms with E-state index in [0.717, 1.165) is 24.3 Å². The molecule has 0 aromatic heterocycles. The third-order valence-corrected chi connectivity index (χ3v) is 4.12. The molecule has 0 amide bonds. The smallest absolute Gasteiger partial charge is 0.321 e. The number of aliphatic carboxylic acids is 1. The Labute approximate surface area is 120 Å². The van der Waals surface area contributed by atoms with E-state index in [9.17, 15) is 23.3 Å². The monoisotopic (exact) mass is 320 g/mol. The summed E-state index contributed by atoms with van der Waals surface area (Å²) in [6.07, 6.45) is 0.0185. The lowest BCUT2D eigenvalue weighted by Crippen LogP contribution is -2.40. The van der Waals surface area contributed by atoms with Crippen molar-refractivity contribution in [3.05, 3.63) is 34.4 Å². The van der Waals surface area contributed by atoms with Crippen molar-refractivity contribution in [2.45, 2.75) is 17.4 Å². The summed E-state index contributed by atoms with van der Waals surface area (Å²) in [5.74, 6) is -1.12. The Hall–Kier alpha value is -1.65. The van der Waals surface area contributed by atoms with Gasteiger partial charge in [0.2, 0.25) is 10.0 Å². The van der Waals surface area contributed by atoms with Gasteiger partial charge in [0.25, 0.3) is 5.69 Å². The Bertz CT molecular complexity index is 599. The van der Waals surface area contributed by atoms with Crippen LogP contribution < -0.4 is 4.72 Å². The molecule has 0 saturated heterocycles. The number of carbonyl (C=O) groups is 1. The van der Waals surface area contributed by atoms with E-state index in [4.69, 9.17) is 5.11 Å². The molecule has 10 heteroatoms. The second-order valence-corrected chi connectivity index (χ2v) is 5.94. The molecule has 0 aliphatic rings. The molecule has 0 aliphatic heterocycles. The summed E-state index contributed by atoms with van der Waals surface area (Å²) in [5, 5.41) is 19.3. The average molecular weight is 320 g/mol. The van der Waals surface area contributed by atoms with Gasteiger partial charge >= 0.3 is 5.97 Å². The minimum absolute atomic E-state index is 0.0185. The summed E-state index contributed by atoms with van der Waals surface area (Å²) in [6.45, 7) is 0. The van der Waals surface area contributed by atoms with Crippen molar-refractivity contribution in [1.29, 1.82) is 0 Å². The molecule has 0 spiro atoms. The lowest BCUT2D eigenvalue weighted by Gasteiger charge is -2.13. The standard InChI is InChI=1S/C10H12N2O6S2/c13-10(14)9(5-6-19)11-20(17,18)8-3-1-7(2-4-8)12(15)16/h1-4,9,11,19H,5-6H2,(H,13,14). The molecule has 110 valence electrons. The molecule has 8 nitrogen and oxygen atoms in total. The molecular formula is C10H12N2O6S2. The molecule has 2 N–H and O–H groups in total. The van der Waals surface area contributed by atoms with Crippen molar-refractivity contribution in [3.8, 4) is 0 Å². The summed E-state index contributed by atoms with van der Waals surface area (Å²) in [5.41, 5.74) is -0.255. The highest BCUT2D eigenvalue weighted by Gasteiger charge is 2.25. The van der Waals surface area contributed by atoms with Gasteiger partial charge in [0.15, 0.2) is 0 Å². The highest BCUT2D eigenvalue weighted by molar-refractivity contribution is 7.89. The number of benzene rings is 1. The maximum absolute atomic E-state index is 11.9. The summed E-state index contributed by atoms with van der Waals surface area (Å²) < 4.78 is 25.9. The lowest BCUT2D eigenvalue weighted by molar-refractivity contribution is -0.384. The topological polar surface area (TPSA) is 127 Å². The van der Waals surface area contributed by atoms with Crippen molar-refractivity contribution in [2.75, 3.05) is 5.75 Å². The molecule has 1 rings (SSSR count). The maximum atomic E-state index is 11.9. The molecule has 0 fully saturated rings. The fraction of sp³-hybridized carbons (Fsp3) is 0.300. The first-order chi connectivity index (χ1) is 9.27. The predicted octanol–water partition coefficient (Wildman–Crippen LogP) is 0.646. The van der Waals surface area contributed by atoms with E-state index in [1.165, 1.54) is 0 Å². The van der Waals surface area contributed by atoms with Crippen LogP contribution in [0.1, 0.15) is 6.42 Å². The largest absolute Gasteiger partial charge is 0.480 e. The number of nitro benzene ring substituents is 1. The number of carboxylic acids is 1. The molecule has 1 atom stereocenters. The van der Waals surface area contributed by atoms with E-state index in [-0.39, 0.29) is 22.8 Å². The van der Waals surface area contributed by atoms with Gasteiger partial charge in [-0.2, -0.15) is 17.4 Å². The third-order valence-electron chi connectivity index (χ3n) is 2.37. The van der Waals surface area contributed by atoms with Crippen LogP contribution in [0, 0.1) is 10.1 Å². The van der Waals surface area contributed by atoms with E-state index in [2.05, 4.69) is 12.6 Å². The Morgan fingerprint density at radius 3 is 2.35 bits per heavy atom. The summed E-state index contributed by atoms with van der Waals surface area (Å²) in [4.78, 5) is 20.5. The van der Waals surface area contributed by atoms with Crippen LogP contribution in [-0.4, -0.2) is 36.2 Å². The van der Waals surface area contributed by atoms with Crippen molar-refractivity contribution in [3.63, 3.8) is 0 Å². The lowest BCUT2D eigenvalue weighted by atomic mass is 10.2. The Balaban J connectivity index is 2.98. The first-order valence-corrected chi connectivity index (χ1v) is 7.50. The van der Waals surface area contributed by atoms with Crippen LogP contribution in [0.25, 0.3) is 0 Å². The fourth-order valence-corrected chi connectivity index (χ4v) is 2.85. The zero-order chi connectivity index (χ0) is 15.3. The molecular weight excluding hydrogens is 308 g/mol. The van der Waals surface area contributed by atoms with Crippen LogP contribution in [0.3, 0.4) is 0 Å². The Kier molecular flexibility index (Phi) is 5.48. The first-order valence-electron chi connectivity index (χ1n) is 5.38. The van der Waals surface area contributed by atoms with Crippen molar-refractivity contribution >= 4 is 34.3 Å². The van der Waals surface area contributed by atoms with Gasteiger partial charge in [-0.25, -0.2) is 8.42 Å². The molecule has 1 unspecified atom stereocenters. The first kappa shape index (κ1) is 16.4. The van der Waals surface area contributed by atoms with Crippen LogP contribution in [0.4, 0.5) is 5.69 Å². The number of nitro groups is 1. The summed E-state index contributed by atoms with van der Waals surface area (Å²) >= 11 is 3.85. The zero-order valence-corrected chi connectivity index (χ0v) is 11.8. The number of nitrogens with zero attached hydrogens (tertiary/aromatic N) is 1. The number of carboxylic acid groups (broad SMARTS) is 1. The van der Waals surface area contributed by atoms with Gasteiger partial charge in [0.1, 0.15) is 6.04 Å². The maximum Gasteiger partial charge on any atom is 0.321 e. The Morgan fingerprint density at radius 1 is 1.40 bits per heavy atom. The predicted molar refractivity (Wildman–Crippen MR) is 73.3 cm³/mol. The van der Waals surface area contributed by atoms with Crippen molar-refractivity contribution < 1.29 is 23.2 Å². The minimum Gasteiger partial charge on any atom is -0.480 e. The fourth-order valence-electron chi connectivity index (χ4n) is 1.36. The molecule has 0 bridgehead atoms. The molecule has 0 heterocycles. The third kappa shape index (κ3) is 4.18. The molecule has 0 aliphatic carbocycles. The van der Waals surface area contributed by atoms with Gasteiger partial charge in [-0.1, -0.05) is 0 Å². The van der Waals surface area contributed by atoms with Crippen LogP contribution >= 0.6 is 12.6 Å². The van der Waals surface area contributed by atoms with Gasteiger partial charge < -0.3 is 5.11 Å². The Morgan fingerprint density at radius 2 is 1.95 bits per heavy atom. The van der Waals surface area contributed by atoms with Crippen LogP contribution in [0.15, 0.2) is 29.2 Å². The summed E-state index contributed by atoms with van der Waals surface area (Å²) in [7, 11) is -4.06. The van der Waals surface area contributed by atoms with Gasteiger partial charge in [0.05, 0.1) is 9.82 Å². The van der Waals surface area contributed by atoms with Crippen molar-refractivity contribution in [2.24, 2.45) is 0 Å². The minimum atomic E-state index is -4.06. The highest BCUT2D eigenvalue weighted by atomic mass is 32.2. The molecule has 1 aromatic carbocycles. The molecule has 0 saturated carbocycles. The highest BCUT2D eigenvalue weighted by Crippen LogP contribution is 2.16. The van der Waals surface area contributed by atoms with Crippen LogP contribution in [-0.2, 0) is 14.8 Å². The zero-order valence-electron chi connectivity index (χ0n) is 10.1. The molecule has 20 heavy (non-hydrogen) atoms. The van der Waals surface area contributed by atoms with Gasteiger partial charge in [0, 0.05) is 12.1 Å². The second-order valence-electron chi connectivity index (χ2n) is 3.78. The average Bonchev–Trinajstić information content (AvgIpc) is 2.38. The van der Waals surface area contributed by atoms with E-state index in [0.29, 0.717) is 0 Å². The van der Waals surface area contributed by atoms with Gasteiger partial charge in [-0.3, -0.25) is 14.9 Å². The van der Waals surface area contributed by atoms with E-state index in [1.807, 2.05) is 4.72 Å². The normalized spacial score (nSPS) is 12.8. The number of non-ortho nitro benzene ring substituents is 1. The van der Waals surface area contributed by atoms with Crippen LogP contribution in [0.5, 0.6) is 0 Å². The number of sulfonamides is 1. The number of hydrogen-bond acceptors (Lipinski definition) is 6. The van der Waals surface area contributed by atoms with Gasteiger partial charge in [-0.15, -0.1) is 0 Å². The van der Waals surface area contributed by atoms with Crippen LogP contribution in [0.2, 0.25) is 0 Å².